The standard InChI is InChI=1S/C18H19Br2NO2/c1-2-3-5-13-8-9-17(16(20)10-13)21-18(22)12-23-15-7-4-6-14(19)11-15/h4,6-11H,2-3,5,12H2,1H3,(H,21,22). The first-order valence-corrected chi connectivity index (χ1v) is 9.13. The van der Waals surface area contributed by atoms with Gasteiger partial charge in [-0.3, -0.25) is 4.79 Å². The molecule has 3 nitrogen and oxygen atoms in total. The fourth-order valence-corrected chi connectivity index (χ4v) is 2.99. The van der Waals surface area contributed by atoms with Gasteiger partial charge in [0, 0.05) is 8.95 Å². The number of nitrogens with one attached hydrogen (secondary N) is 1. The smallest absolute Gasteiger partial charge is 0.262 e. The van der Waals surface area contributed by atoms with Crippen molar-refractivity contribution < 1.29 is 9.53 Å². The van der Waals surface area contributed by atoms with Crippen molar-refractivity contribution in [2.75, 3.05) is 11.9 Å². The highest BCUT2D eigenvalue weighted by atomic mass is 79.9. The Kier molecular flexibility index (Phi) is 7.12. The van der Waals surface area contributed by atoms with Crippen LogP contribution in [-0.2, 0) is 11.2 Å². The third-order valence-electron chi connectivity index (χ3n) is 3.29. The lowest BCUT2D eigenvalue weighted by atomic mass is 10.1. The Morgan fingerprint density at radius 3 is 2.70 bits per heavy atom. The molecule has 0 saturated heterocycles. The maximum Gasteiger partial charge on any atom is 0.262 e. The van der Waals surface area contributed by atoms with E-state index in [1.165, 1.54) is 18.4 Å². The fourth-order valence-electron chi connectivity index (χ4n) is 2.09. The van der Waals surface area contributed by atoms with Crippen LogP contribution in [0.1, 0.15) is 25.3 Å². The van der Waals surface area contributed by atoms with E-state index >= 15 is 0 Å². The molecule has 0 aliphatic heterocycles. The summed E-state index contributed by atoms with van der Waals surface area (Å²) in [5.74, 6) is 0.468. The SMILES string of the molecule is CCCCc1ccc(NC(=O)COc2cccc(Br)c2)c(Br)c1. The normalized spacial score (nSPS) is 10.4. The molecule has 1 N–H and O–H groups in total. The van der Waals surface area contributed by atoms with Crippen LogP contribution in [0.4, 0.5) is 5.69 Å². The van der Waals surface area contributed by atoms with E-state index in [0.29, 0.717) is 5.75 Å². The number of unbranched alkanes of at least 4 members (excludes halogenated alkanes) is 1. The van der Waals surface area contributed by atoms with Crippen molar-refractivity contribution in [2.24, 2.45) is 0 Å². The van der Waals surface area contributed by atoms with Crippen LogP contribution in [0.2, 0.25) is 0 Å². The lowest BCUT2D eigenvalue weighted by molar-refractivity contribution is -0.118. The minimum Gasteiger partial charge on any atom is -0.484 e. The van der Waals surface area contributed by atoms with E-state index in [9.17, 15) is 4.79 Å². The highest BCUT2D eigenvalue weighted by Crippen LogP contribution is 2.24. The van der Waals surface area contributed by atoms with Crippen LogP contribution in [0, 0.1) is 0 Å². The first-order chi connectivity index (χ1) is 11.1. The molecule has 2 rings (SSSR count). The lowest BCUT2D eigenvalue weighted by Gasteiger charge is -2.10. The maximum absolute atomic E-state index is 12.0. The van der Waals surface area contributed by atoms with Gasteiger partial charge in [0.2, 0.25) is 0 Å². The van der Waals surface area contributed by atoms with Crippen molar-refractivity contribution in [1.82, 2.24) is 0 Å². The Morgan fingerprint density at radius 2 is 2.00 bits per heavy atom. The van der Waals surface area contributed by atoms with Crippen LogP contribution in [0.15, 0.2) is 51.4 Å². The minimum absolute atomic E-state index is 0.0273. The van der Waals surface area contributed by atoms with Crippen LogP contribution >= 0.6 is 31.9 Å². The topological polar surface area (TPSA) is 38.3 Å². The van der Waals surface area contributed by atoms with Crippen LogP contribution in [0.25, 0.3) is 0 Å². The molecule has 122 valence electrons. The van der Waals surface area contributed by atoms with E-state index in [-0.39, 0.29) is 12.5 Å². The first kappa shape index (κ1) is 18.0. The number of carbonyl (C=O) groups is 1. The molecule has 0 heterocycles. The zero-order chi connectivity index (χ0) is 16.7. The zero-order valence-electron chi connectivity index (χ0n) is 12.9. The Labute approximate surface area is 153 Å². The number of rotatable bonds is 7. The predicted molar refractivity (Wildman–Crippen MR) is 101 cm³/mol. The number of anilines is 1. The molecule has 0 atom stereocenters. The molecule has 0 saturated carbocycles. The summed E-state index contributed by atoms with van der Waals surface area (Å²) in [4.78, 5) is 12.0. The van der Waals surface area contributed by atoms with E-state index in [1.54, 1.807) is 0 Å². The molecular formula is C18H19Br2NO2. The highest BCUT2D eigenvalue weighted by Gasteiger charge is 2.07. The molecule has 0 radical (unpaired) electrons. The van der Waals surface area contributed by atoms with Crippen LogP contribution in [0.3, 0.4) is 0 Å². The summed E-state index contributed by atoms with van der Waals surface area (Å²) in [6, 6.07) is 13.4. The number of aryl methyl sites for hydroxylation is 1. The van der Waals surface area contributed by atoms with Crippen molar-refractivity contribution in [3.63, 3.8) is 0 Å². The summed E-state index contributed by atoms with van der Waals surface area (Å²) in [6.45, 7) is 2.15. The zero-order valence-corrected chi connectivity index (χ0v) is 16.1. The second kappa shape index (κ2) is 9.08. The van der Waals surface area contributed by atoms with Crippen LogP contribution in [0.5, 0.6) is 5.75 Å². The fraction of sp³-hybridized carbons (Fsp3) is 0.278. The van der Waals surface area contributed by atoms with E-state index in [4.69, 9.17) is 4.74 Å². The third-order valence-corrected chi connectivity index (χ3v) is 4.44. The monoisotopic (exact) mass is 439 g/mol. The van der Waals surface area contributed by atoms with E-state index in [1.807, 2.05) is 36.4 Å². The maximum atomic E-state index is 12.0. The number of benzene rings is 2. The van der Waals surface area contributed by atoms with Gasteiger partial charge >= 0.3 is 0 Å². The van der Waals surface area contributed by atoms with Gasteiger partial charge in [-0.2, -0.15) is 0 Å². The second-order valence-corrected chi connectivity index (χ2v) is 6.98. The molecule has 0 bridgehead atoms. The van der Waals surface area contributed by atoms with Gasteiger partial charge in [0.1, 0.15) is 5.75 Å². The summed E-state index contributed by atoms with van der Waals surface area (Å²) in [7, 11) is 0. The molecule has 5 heteroatoms. The van der Waals surface area contributed by atoms with Gasteiger partial charge in [0.25, 0.3) is 5.91 Å². The van der Waals surface area contributed by atoms with Gasteiger partial charge in [0.05, 0.1) is 5.69 Å². The number of ether oxygens (including phenoxy) is 1. The Balaban J connectivity index is 1.89. The average molecular weight is 441 g/mol. The highest BCUT2D eigenvalue weighted by molar-refractivity contribution is 9.10. The molecule has 0 fully saturated rings. The Morgan fingerprint density at radius 1 is 1.17 bits per heavy atom. The number of amides is 1. The van der Waals surface area contributed by atoms with E-state index in [2.05, 4.69) is 50.2 Å². The lowest BCUT2D eigenvalue weighted by Crippen LogP contribution is -2.20. The molecule has 0 aliphatic carbocycles. The second-order valence-electron chi connectivity index (χ2n) is 5.21. The van der Waals surface area contributed by atoms with Crippen molar-refractivity contribution in [1.29, 1.82) is 0 Å². The molecule has 0 aliphatic rings. The van der Waals surface area contributed by atoms with Gasteiger partial charge < -0.3 is 10.1 Å². The molecule has 2 aromatic rings. The van der Waals surface area contributed by atoms with Crippen LogP contribution in [-0.4, -0.2) is 12.5 Å². The molecule has 1 amide bonds. The third kappa shape index (κ3) is 5.99. The van der Waals surface area contributed by atoms with E-state index < -0.39 is 0 Å². The summed E-state index contributed by atoms with van der Waals surface area (Å²) in [5, 5.41) is 2.86. The molecule has 23 heavy (non-hydrogen) atoms. The summed E-state index contributed by atoms with van der Waals surface area (Å²) in [6.07, 6.45) is 3.39. The Hall–Kier alpha value is -1.33. The quantitative estimate of drug-likeness (QED) is 0.610. The number of hydrogen-bond donors (Lipinski definition) is 1. The van der Waals surface area contributed by atoms with Crippen molar-refractivity contribution >= 4 is 43.5 Å². The first-order valence-electron chi connectivity index (χ1n) is 7.55. The van der Waals surface area contributed by atoms with Crippen molar-refractivity contribution in [3.05, 3.63) is 57.0 Å². The van der Waals surface area contributed by atoms with Gasteiger partial charge in [-0.15, -0.1) is 0 Å². The van der Waals surface area contributed by atoms with Crippen molar-refractivity contribution in [2.45, 2.75) is 26.2 Å². The predicted octanol–water partition coefficient (Wildman–Crippen LogP) is 5.57. The summed E-state index contributed by atoms with van der Waals surface area (Å²) >= 11 is 6.88. The van der Waals surface area contributed by atoms with Crippen molar-refractivity contribution in [3.8, 4) is 5.75 Å². The Bertz CT molecular complexity index is 674. The number of hydrogen-bond acceptors (Lipinski definition) is 2. The average Bonchev–Trinajstić information content (AvgIpc) is 2.53. The van der Waals surface area contributed by atoms with Gasteiger partial charge in [0.15, 0.2) is 6.61 Å². The largest absolute Gasteiger partial charge is 0.484 e. The van der Waals surface area contributed by atoms with Gasteiger partial charge in [-0.1, -0.05) is 41.4 Å². The minimum atomic E-state index is -0.188. The molecule has 0 spiro atoms. The van der Waals surface area contributed by atoms with Gasteiger partial charge in [-0.25, -0.2) is 0 Å². The van der Waals surface area contributed by atoms with Gasteiger partial charge in [-0.05, 0) is 64.7 Å². The summed E-state index contributed by atoms with van der Waals surface area (Å²) < 4.78 is 7.29. The number of halogens is 2. The van der Waals surface area contributed by atoms with Crippen LogP contribution < -0.4 is 10.1 Å². The molecular weight excluding hydrogens is 422 g/mol. The molecule has 0 aromatic heterocycles. The molecule has 2 aromatic carbocycles. The number of carbonyl (C=O) groups excluding carboxylic acids is 1. The molecule has 0 unspecified atom stereocenters. The van der Waals surface area contributed by atoms with E-state index in [0.717, 1.165) is 21.1 Å². The summed E-state index contributed by atoms with van der Waals surface area (Å²) in [5.41, 5.74) is 2.02.